The van der Waals surface area contributed by atoms with Gasteiger partial charge in [-0.15, -0.1) is 0 Å². The number of hydrogen-bond donors (Lipinski definition) is 2. The second-order valence-corrected chi connectivity index (χ2v) is 7.29. The van der Waals surface area contributed by atoms with Crippen molar-refractivity contribution in [3.63, 3.8) is 0 Å². The molecule has 2 N–H and O–H groups in total. The first-order chi connectivity index (χ1) is 12.7. The molecule has 0 aliphatic heterocycles. The first-order valence-electron chi connectivity index (χ1n) is 8.65. The molecule has 0 saturated carbocycles. The van der Waals surface area contributed by atoms with E-state index >= 15 is 0 Å². The zero-order chi connectivity index (χ0) is 20.0. The Labute approximate surface area is 164 Å². The van der Waals surface area contributed by atoms with E-state index in [0.717, 1.165) is 5.56 Å². The van der Waals surface area contributed by atoms with Crippen molar-refractivity contribution in [1.82, 2.24) is 5.32 Å². The van der Waals surface area contributed by atoms with E-state index in [9.17, 15) is 14.4 Å². The summed E-state index contributed by atoms with van der Waals surface area (Å²) in [6, 6.07) is 14.0. The van der Waals surface area contributed by atoms with E-state index in [1.807, 2.05) is 18.2 Å². The highest BCUT2D eigenvalue weighted by molar-refractivity contribution is 6.30. The number of carbonyl (C=O) groups is 3. The van der Waals surface area contributed by atoms with E-state index in [2.05, 4.69) is 10.6 Å². The fraction of sp³-hybridized carbons (Fsp3) is 0.286. The van der Waals surface area contributed by atoms with Crippen LogP contribution in [0.2, 0.25) is 5.02 Å². The molecule has 0 aliphatic rings. The Hall–Kier alpha value is -2.66. The van der Waals surface area contributed by atoms with Crippen molar-refractivity contribution in [2.45, 2.75) is 27.2 Å². The first kappa shape index (κ1) is 20.6. The van der Waals surface area contributed by atoms with E-state index in [-0.39, 0.29) is 11.7 Å². The summed E-state index contributed by atoms with van der Waals surface area (Å²) in [5.41, 5.74) is 0.718. The Kier molecular flexibility index (Phi) is 6.75. The number of benzene rings is 2. The predicted molar refractivity (Wildman–Crippen MR) is 107 cm³/mol. The molecule has 0 heterocycles. The zero-order valence-electron chi connectivity index (χ0n) is 15.6. The number of hydrogen-bond acceptors (Lipinski definition) is 3. The van der Waals surface area contributed by atoms with Crippen LogP contribution in [-0.2, 0) is 16.0 Å². The molecular formula is C21H23ClN2O3. The molecule has 0 aromatic heterocycles. The van der Waals surface area contributed by atoms with Gasteiger partial charge >= 0.3 is 0 Å². The number of rotatable bonds is 7. The lowest BCUT2D eigenvalue weighted by Gasteiger charge is -2.23. The van der Waals surface area contributed by atoms with Crippen molar-refractivity contribution in [2.24, 2.45) is 5.41 Å². The molecule has 27 heavy (non-hydrogen) atoms. The van der Waals surface area contributed by atoms with Gasteiger partial charge in [-0.2, -0.15) is 0 Å². The smallest absolute Gasteiger partial charge is 0.239 e. The van der Waals surface area contributed by atoms with Crippen molar-refractivity contribution in [3.05, 3.63) is 64.7 Å². The average molecular weight is 387 g/mol. The molecule has 0 radical (unpaired) electrons. The molecule has 0 fully saturated rings. The standard InChI is InChI=1S/C21H23ClN2O3/c1-14(25)16-7-5-9-18(13-16)24-20(27)21(2,3)19(26)23-11-10-15-6-4-8-17(22)12-15/h4-9,12-13H,10-11H2,1-3H3,(H,23,26)(H,24,27). The molecule has 2 aromatic rings. The van der Waals surface area contributed by atoms with Crippen molar-refractivity contribution in [2.75, 3.05) is 11.9 Å². The van der Waals surface area contributed by atoms with Gasteiger partial charge in [0, 0.05) is 22.8 Å². The number of anilines is 1. The van der Waals surface area contributed by atoms with Crippen molar-refractivity contribution in [1.29, 1.82) is 0 Å². The molecule has 2 aromatic carbocycles. The molecular weight excluding hydrogens is 364 g/mol. The maximum Gasteiger partial charge on any atom is 0.239 e. The van der Waals surface area contributed by atoms with Gasteiger partial charge in [0.25, 0.3) is 0 Å². The molecule has 0 unspecified atom stereocenters. The van der Waals surface area contributed by atoms with Crippen molar-refractivity contribution < 1.29 is 14.4 Å². The molecule has 0 atom stereocenters. The van der Waals surface area contributed by atoms with Crippen LogP contribution in [0.3, 0.4) is 0 Å². The van der Waals surface area contributed by atoms with Gasteiger partial charge in [0.1, 0.15) is 5.41 Å². The highest BCUT2D eigenvalue weighted by atomic mass is 35.5. The zero-order valence-corrected chi connectivity index (χ0v) is 16.4. The number of carbonyl (C=O) groups excluding carboxylic acids is 3. The molecule has 6 heteroatoms. The molecule has 2 rings (SSSR count). The molecule has 0 bridgehead atoms. The minimum atomic E-state index is -1.26. The van der Waals surface area contributed by atoms with Crippen molar-refractivity contribution in [3.8, 4) is 0 Å². The fourth-order valence-electron chi connectivity index (χ4n) is 2.44. The van der Waals surface area contributed by atoms with E-state index in [4.69, 9.17) is 11.6 Å². The fourth-order valence-corrected chi connectivity index (χ4v) is 2.65. The predicted octanol–water partition coefficient (Wildman–Crippen LogP) is 3.87. The molecule has 142 valence electrons. The quantitative estimate of drug-likeness (QED) is 0.560. The van der Waals surface area contributed by atoms with Gasteiger partial charge in [0.15, 0.2) is 5.78 Å². The topological polar surface area (TPSA) is 75.3 Å². The second kappa shape index (κ2) is 8.82. The van der Waals surface area contributed by atoms with Gasteiger partial charge in [-0.3, -0.25) is 14.4 Å². The summed E-state index contributed by atoms with van der Waals surface area (Å²) in [6.07, 6.45) is 0.616. The third-order valence-corrected chi connectivity index (χ3v) is 4.49. The lowest BCUT2D eigenvalue weighted by Crippen LogP contribution is -2.45. The van der Waals surface area contributed by atoms with Crippen LogP contribution in [0.15, 0.2) is 48.5 Å². The van der Waals surface area contributed by atoms with Crippen LogP contribution in [0.1, 0.15) is 36.7 Å². The molecule has 0 saturated heterocycles. The number of Topliss-reactive ketones (excluding diaryl/α,β-unsaturated/α-hetero) is 1. The number of ketones is 1. The van der Waals surface area contributed by atoms with Gasteiger partial charge < -0.3 is 10.6 Å². The van der Waals surface area contributed by atoms with Gasteiger partial charge in [-0.05, 0) is 57.0 Å². The van der Waals surface area contributed by atoms with Gasteiger partial charge in [0.2, 0.25) is 11.8 Å². The highest BCUT2D eigenvalue weighted by Gasteiger charge is 2.35. The number of halogens is 1. The van der Waals surface area contributed by atoms with Crippen LogP contribution in [-0.4, -0.2) is 24.1 Å². The van der Waals surface area contributed by atoms with Gasteiger partial charge in [-0.25, -0.2) is 0 Å². The average Bonchev–Trinajstić information content (AvgIpc) is 2.61. The summed E-state index contributed by atoms with van der Waals surface area (Å²) in [5, 5.41) is 6.14. The Morgan fingerprint density at radius 1 is 1.00 bits per heavy atom. The van der Waals surface area contributed by atoms with Crippen LogP contribution >= 0.6 is 11.6 Å². The van der Waals surface area contributed by atoms with E-state index in [1.165, 1.54) is 6.92 Å². The summed E-state index contributed by atoms with van der Waals surface area (Å²) < 4.78 is 0. The van der Waals surface area contributed by atoms with Crippen LogP contribution < -0.4 is 10.6 Å². The Bertz CT molecular complexity index is 862. The minimum absolute atomic E-state index is 0.0934. The number of nitrogens with one attached hydrogen (secondary N) is 2. The van der Waals surface area contributed by atoms with E-state index in [1.54, 1.807) is 44.2 Å². The first-order valence-corrected chi connectivity index (χ1v) is 9.03. The Balaban J connectivity index is 1.95. The SMILES string of the molecule is CC(=O)c1cccc(NC(=O)C(C)(C)C(=O)NCCc2cccc(Cl)c2)c1. The normalized spacial score (nSPS) is 11.0. The molecule has 5 nitrogen and oxygen atoms in total. The number of amides is 2. The van der Waals surface area contributed by atoms with Crippen LogP contribution in [0.4, 0.5) is 5.69 Å². The van der Waals surface area contributed by atoms with Gasteiger partial charge in [0.05, 0.1) is 0 Å². The maximum atomic E-state index is 12.6. The summed E-state index contributed by atoms with van der Waals surface area (Å²) in [5.74, 6) is -0.905. The van der Waals surface area contributed by atoms with Crippen LogP contribution in [0.5, 0.6) is 0 Å². The minimum Gasteiger partial charge on any atom is -0.355 e. The van der Waals surface area contributed by atoms with Crippen LogP contribution in [0, 0.1) is 5.41 Å². The molecule has 2 amide bonds. The third-order valence-electron chi connectivity index (χ3n) is 4.25. The molecule has 0 spiro atoms. The summed E-state index contributed by atoms with van der Waals surface area (Å²) in [4.78, 5) is 36.5. The van der Waals surface area contributed by atoms with Crippen LogP contribution in [0.25, 0.3) is 0 Å². The van der Waals surface area contributed by atoms with Crippen molar-refractivity contribution >= 4 is 34.9 Å². The summed E-state index contributed by atoms with van der Waals surface area (Å²) in [7, 11) is 0. The third kappa shape index (κ3) is 5.66. The highest BCUT2D eigenvalue weighted by Crippen LogP contribution is 2.20. The maximum absolute atomic E-state index is 12.6. The molecule has 0 aliphatic carbocycles. The lowest BCUT2D eigenvalue weighted by molar-refractivity contribution is -0.138. The van der Waals surface area contributed by atoms with E-state index < -0.39 is 11.3 Å². The summed E-state index contributed by atoms with van der Waals surface area (Å²) >= 11 is 5.95. The second-order valence-electron chi connectivity index (χ2n) is 6.85. The Morgan fingerprint density at radius 3 is 2.37 bits per heavy atom. The van der Waals surface area contributed by atoms with Gasteiger partial charge in [-0.1, -0.05) is 35.9 Å². The lowest BCUT2D eigenvalue weighted by atomic mass is 9.90. The van der Waals surface area contributed by atoms with E-state index in [0.29, 0.717) is 29.2 Å². The monoisotopic (exact) mass is 386 g/mol. The largest absolute Gasteiger partial charge is 0.355 e. The summed E-state index contributed by atoms with van der Waals surface area (Å²) in [6.45, 7) is 4.98. The Morgan fingerprint density at radius 2 is 1.70 bits per heavy atom.